The van der Waals surface area contributed by atoms with E-state index in [0.717, 1.165) is 24.0 Å². The molecule has 0 saturated carbocycles. The highest BCUT2D eigenvalue weighted by Gasteiger charge is 2.08. The van der Waals surface area contributed by atoms with Crippen LogP contribution in [0.15, 0.2) is 24.4 Å². The Morgan fingerprint density at radius 1 is 1.42 bits per heavy atom. The van der Waals surface area contributed by atoms with Crippen LogP contribution in [0.2, 0.25) is 5.02 Å². The topological polar surface area (TPSA) is 40.8 Å². The van der Waals surface area contributed by atoms with Crippen LogP contribution in [0.3, 0.4) is 0 Å². The standard InChI is InChI=1S/C15H18ClN3/c1-11(2)8-18-9-12-10-19(6-5-17)15-7-13(16)3-4-14(12)15/h3-4,7,10-11,18H,6,8-9H2,1-2H3. The fourth-order valence-electron chi connectivity index (χ4n) is 2.18. The monoisotopic (exact) mass is 275 g/mol. The zero-order chi connectivity index (χ0) is 13.8. The highest BCUT2D eigenvalue weighted by atomic mass is 35.5. The second kappa shape index (κ2) is 6.10. The van der Waals surface area contributed by atoms with Crippen LogP contribution in [0.25, 0.3) is 10.9 Å². The van der Waals surface area contributed by atoms with Crippen molar-refractivity contribution in [3.05, 3.63) is 35.0 Å². The Morgan fingerprint density at radius 3 is 2.89 bits per heavy atom. The molecular formula is C15H18ClN3. The minimum absolute atomic E-state index is 0.348. The number of fused-ring (bicyclic) bond motifs is 1. The van der Waals surface area contributed by atoms with Gasteiger partial charge in [0.05, 0.1) is 11.6 Å². The molecule has 2 aromatic rings. The fraction of sp³-hybridized carbons (Fsp3) is 0.400. The number of halogens is 1. The lowest BCUT2D eigenvalue weighted by atomic mass is 10.1. The van der Waals surface area contributed by atoms with E-state index in [1.54, 1.807) is 0 Å². The Hall–Kier alpha value is -1.50. The third-order valence-corrected chi connectivity index (χ3v) is 3.27. The molecule has 4 heteroatoms. The van der Waals surface area contributed by atoms with Crippen molar-refractivity contribution in [2.24, 2.45) is 5.92 Å². The van der Waals surface area contributed by atoms with Crippen LogP contribution in [0.5, 0.6) is 0 Å². The molecular weight excluding hydrogens is 258 g/mol. The third-order valence-electron chi connectivity index (χ3n) is 3.04. The van der Waals surface area contributed by atoms with E-state index in [0.29, 0.717) is 17.5 Å². The number of hydrogen-bond acceptors (Lipinski definition) is 2. The molecule has 0 bridgehead atoms. The first-order valence-electron chi connectivity index (χ1n) is 6.46. The van der Waals surface area contributed by atoms with Crippen molar-refractivity contribution in [1.82, 2.24) is 9.88 Å². The van der Waals surface area contributed by atoms with Crippen LogP contribution in [-0.4, -0.2) is 11.1 Å². The SMILES string of the molecule is CC(C)CNCc1cn(CC#N)c2cc(Cl)ccc12. The predicted molar refractivity (Wildman–Crippen MR) is 79.1 cm³/mol. The summed E-state index contributed by atoms with van der Waals surface area (Å²) in [6, 6.07) is 8.02. The highest BCUT2D eigenvalue weighted by Crippen LogP contribution is 2.24. The van der Waals surface area contributed by atoms with Gasteiger partial charge in [-0.1, -0.05) is 31.5 Å². The lowest BCUT2D eigenvalue weighted by Crippen LogP contribution is -2.18. The smallest absolute Gasteiger partial charge is 0.110 e. The number of nitrogens with zero attached hydrogens (tertiary/aromatic N) is 2. The highest BCUT2D eigenvalue weighted by molar-refractivity contribution is 6.31. The van der Waals surface area contributed by atoms with E-state index >= 15 is 0 Å². The summed E-state index contributed by atoms with van der Waals surface area (Å²) in [6.07, 6.45) is 2.04. The molecule has 0 unspecified atom stereocenters. The lowest BCUT2D eigenvalue weighted by molar-refractivity contribution is 0.553. The van der Waals surface area contributed by atoms with Crippen LogP contribution in [0, 0.1) is 17.2 Å². The molecule has 1 aromatic carbocycles. The Balaban J connectivity index is 2.31. The first kappa shape index (κ1) is 13.9. The van der Waals surface area contributed by atoms with Gasteiger partial charge in [0.2, 0.25) is 0 Å². The van der Waals surface area contributed by atoms with E-state index in [9.17, 15) is 0 Å². The second-order valence-corrected chi connectivity index (χ2v) is 5.56. The van der Waals surface area contributed by atoms with Gasteiger partial charge in [0.1, 0.15) is 6.54 Å². The fourth-order valence-corrected chi connectivity index (χ4v) is 2.35. The van der Waals surface area contributed by atoms with Gasteiger partial charge in [-0.15, -0.1) is 0 Å². The molecule has 0 saturated heterocycles. The molecule has 0 radical (unpaired) electrons. The first-order valence-corrected chi connectivity index (χ1v) is 6.84. The summed E-state index contributed by atoms with van der Waals surface area (Å²) in [5, 5.41) is 14.2. The second-order valence-electron chi connectivity index (χ2n) is 5.13. The number of nitrogens with one attached hydrogen (secondary N) is 1. The van der Waals surface area contributed by atoms with Gasteiger partial charge in [-0.25, -0.2) is 0 Å². The molecule has 3 nitrogen and oxygen atoms in total. The largest absolute Gasteiger partial charge is 0.333 e. The lowest BCUT2D eigenvalue weighted by Gasteiger charge is -2.06. The summed E-state index contributed by atoms with van der Waals surface area (Å²) in [5.74, 6) is 0.627. The van der Waals surface area contributed by atoms with Crippen molar-refractivity contribution in [2.75, 3.05) is 6.54 Å². The van der Waals surface area contributed by atoms with Gasteiger partial charge < -0.3 is 9.88 Å². The Kier molecular flexibility index (Phi) is 4.47. The minimum Gasteiger partial charge on any atom is -0.333 e. The molecule has 2 rings (SSSR count). The van der Waals surface area contributed by atoms with Gasteiger partial charge in [0, 0.05) is 23.2 Å². The summed E-state index contributed by atoms with van der Waals surface area (Å²) >= 11 is 6.03. The quantitative estimate of drug-likeness (QED) is 0.906. The normalized spacial score (nSPS) is 11.1. The number of nitriles is 1. The maximum atomic E-state index is 8.89. The van der Waals surface area contributed by atoms with Gasteiger partial charge >= 0.3 is 0 Å². The van der Waals surface area contributed by atoms with Crippen LogP contribution in [-0.2, 0) is 13.1 Å². The van der Waals surface area contributed by atoms with Crippen molar-refractivity contribution < 1.29 is 0 Å². The van der Waals surface area contributed by atoms with E-state index < -0.39 is 0 Å². The zero-order valence-electron chi connectivity index (χ0n) is 11.3. The molecule has 0 atom stereocenters. The molecule has 0 spiro atoms. The number of aromatic nitrogens is 1. The van der Waals surface area contributed by atoms with Crippen LogP contribution < -0.4 is 5.32 Å². The van der Waals surface area contributed by atoms with E-state index in [2.05, 4.69) is 25.2 Å². The van der Waals surface area contributed by atoms with Gasteiger partial charge in [0.25, 0.3) is 0 Å². The molecule has 0 aliphatic heterocycles. The summed E-state index contributed by atoms with van der Waals surface area (Å²) < 4.78 is 1.95. The molecule has 1 N–H and O–H groups in total. The van der Waals surface area contributed by atoms with Gasteiger partial charge in [0.15, 0.2) is 0 Å². The Labute approximate surface area is 118 Å². The molecule has 0 aliphatic carbocycles. The van der Waals surface area contributed by atoms with Crippen molar-refractivity contribution in [1.29, 1.82) is 5.26 Å². The average molecular weight is 276 g/mol. The van der Waals surface area contributed by atoms with E-state index in [1.165, 1.54) is 5.56 Å². The minimum atomic E-state index is 0.348. The molecule has 0 aliphatic rings. The van der Waals surface area contributed by atoms with Crippen LogP contribution in [0.4, 0.5) is 0 Å². The molecule has 1 aromatic heterocycles. The summed E-state index contributed by atoms with van der Waals surface area (Å²) in [7, 11) is 0. The van der Waals surface area contributed by atoms with Gasteiger partial charge in [-0.05, 0) is 30.2 Å². The zero-order valence-corrected chi connectivity index (χ0v) is 12.0. The maximum absolute atomic E-state index is 8.89. The van der Waals surface area contributed by atoms with Crippen LogP contribution in [0.1, 0.15) is 19.4 Å². The number of rotatable bonds is 5. The average Bonchev–Trinajstić information content (AvgIpc) is 2.67. The molecule has 19 heavy (non-hydrogen) atoms. The summed E-state index contributed by atoms with van der Waals surface area (Å²) in [4.78, 5) is 0. The van der Waals surface area contributed by atoms with E-state index in [-0.39, 0.29) is 0 Å². The van der Waals surface area contributed by atoms with E-state index in [4.69, 9.17) is 16.9 Å². The van der Waals surface area contributed by atoms with Crippen molar-refractivity contribution >= 4 is 22.5 Å². The van der Waals surface area contributed by atoms with Gasteiger partial charge in [-0.2, -0.15) is 5.26 Å². The number of hydrogen-bond donors (Lipinski definition) is 1. The molecule has 1 heterocycles. The van der Waals surface area contributed by atoms with Crippen LogP contribution >= 0.6 is 11.6 Å². The number of benzene rings is 1. The van der Waals surface area contributed by atoms with Crippen molar-refractivity contribution in [3.63, 3.8) is 0 Å². The maximum Gasteiger partial charge on any atom is 0.110 e. The summed E-state index contributed by atoms with van der Waals surface area (Å²) in [5.41, 5.74) is 2.23. The van der Waals surface area contributed by atoms with Gasteiger partial charge in [-0.3, -0.25) is 0 Å². The Bertz CT molecular complexity index is 608. The van der Waals surface area contributed by atoms with E-state index in [1.807, 2.05) is 29.0 Å². The molecule has 100 valence electrons. The Morgan fingerprint density at radius 2 is 2.21 bits per heavy atom. The molecule has 0 fully saturated rings. The molecule has 0 amide bonds. The first-order chi connectivity index (χ1) is 9.11. The summed E-state index contributed by atoms with van der Waals surface area (Å²) in [6.45, 7) is 6.52. The predicted octanol–water partition coefficient (Wildman–Crippen LogP) is 3.56. The van der Waals surface area contributed by atoms with Crippen molar-refractivity contribution in [2.45, 2.75) is 26.9 Å². The third kappa shape index (κ3) is 3.28. The van der Waals surface area contributed by atoms with Crippen molar-refractivity contribution in [3.8, 4) is 6.07 Å².